The SMILES string of the molecule is COc1ccc(-c2cccc(F)c2)cc1C=O. The molecule has 2 aromatic carbocycles. The summed E-state index contributed by atoms with van der Waals surface area (Å²) in [4.78, 5) is 10.9. The van der Waals surface area contributed by atoms with Gasteiger partial charge in [-0.15, -0.1) is 0 Å². The molecule has 0 fully saturated rings. The monoisotopic (exact) mass is 230 g/mol. The summed E-state index contributed by atoms with van der Waals surface area (Å²) in [5, 5.41) is 0. The lowest BCUT2D eigenvalue weighted by atomic mass is 10.0. The molecule has 0 spiro atoms. The Balaban J connectivity index is 2.50. The average Bonchev–Trinajstić information content (AvgIpc) is 2.38. The van der Waals surface area contributed by atoms with E-state index in [0.717, 1.165) is 17.4 Å². The van der Waals surface area contributed by atoms with Gasteiger partial charge in [0.1, 0.15) is 11.6 Å². The molecule has 3 heteroatoms. The van der Waals surface area contributed by atoms with Crippen LogP contribution in [0, 0.1) is 5.82 Å². The van der Waals surface area contributed by atoms with E-state index in [2.05, 4.69) is 0 Å². The summed E-state index contributed by atoms with van der Waals surface area (Å²) in [6, 6.07) is 11.4. The summed E-state index contributed by atoms with van der Waals surface area (Å²) >= 11 is 0. The van der Waals surface area contributed by atoms with Gasteiger partial charge in [0.15, 0.2) is 6.29 Å². The van der Waals surface area contributed by atoms with E-state index in [1.165, 1.54) is 19.2 Å². The van der Waals surface area contributed by atoms with Gasteiger partial charge in [0, 0.05) is 0 Å². The van der Waals surface area contributed by atoms with Crippen molar-refractivity contribution >= 4 is 6.29 Å². The Kier molecular flexibility index (Phi) is 3.19. The van der Waals surface area contributed by atoms with Crippen molar-refractivity contribution in [2.24, 2.45) is 0 Å². The zero-order chi connectivity index (χ0) is 12.3. The maximum atomic E-state index is 13.1. The van der Waals surface area contributed by atoms with Crippen molar-refractivity contribution in [3.63, 3.8) is 0 Å². The van der Waals surface area contributed by atoms with E-state index >= 15 is 0 Å². The summed E-state index contributed by atoms with van der Waals surface area (Å²) in [7, 11) is 1.50. The molecule has 0 radical (unpaired) electrons. The van der Waals surface area contributed by atoms with Crippen LogP contribution in [-0.2, 0) is 0 Å². The van der Waals surface area contributed by atoms with Crippen LogP contribution in [-0.4, -0.2) is 13.4 Å². The molecule has 0 bridgehead atoms. The van der Waals surface area contributed by atoms with Crippen LogP contribution in [0.25, 0.3) is 11.1 Å². The summed E-state index contributed by atoms with van der Waals surface area (Å²) in [5.41, 5.74) is 1.97. The van der Waals surface area contributed by atoms with Crippen LogP contribution >= 0.6 is 0 Å². The molecule has 0 saturated heterocycles. The van der Waals surface area contributed by atoms with Crippen molar-refractivity contribution in [3.05, 3.63) is 53.8 Å². The molecule has 0 aromatic heterocycles. The molecule has 17 heavy (non-hydrogen) atoms. The minimum absolute atomic E-state index is 0.300. The molecule has 0 saturated carbocycles. The van der Waals surface area contributed by atoms with Gasteiger partial charge >= 0.3 is 0 Å². The van der Waals surface area contributed by atoms with Gasteiger partial charge in [0.05, 0.1) is 12.7 Å². The molecule has 0 atom stereocenters. The lowest BCUT2D eigenvalue weighted by Crippen LogP contribution is -1.91. The molecule has 0 N–H and O–H groups in total. The van der Waals surface area contributed by atoms with E-state index in [9.17, 15) is 9.18 Å². The second kappa shape index (κ2) is 4.78. The standard InChI is InChI=1S/C14H11FO2/c1-17-14-6-5-11(7-12(14)9-16)10-3-2-4-13(15)8-10/h2-9H,1H3. The Labute approximate surface area is 98.7 Å². The highest BCUT2D eigenvalue weighted by molar-refractivity contribution is 5.83. The first-order valence-corrected chi connectivity index (χ1v) is 5.14. The largest absolute Gasteiger partial charge is 0.496 e. The number of rotatable bonds is 3. The van der Waals surface area contributed by atoms with E-state index in [0.29, 0.717) is 11.3 Å². The first-order valence-electron chi connectivity index (χ1n) is 5.14. The fraction of sp³-hybridized carbons (Fsp3) is 0.0714. The van der Waals surface area contributed by atoms with Gasteiger partial charge in [-0.3, -0.25) is 4.79 Å². The number of hydrogen-bond donors (Lipinski definition) is 0. The molecular weight excluding hydrogens is 219 g/mol. The summed E-state index contributed by atoms with van der Waals surface area (Å²) < 4.78 is 18.1. The number of benzene rings is 2. The fourth-order valence-electron chi connectivity index (χ4n) is 1.67. The van der Waals surface area contributed by atoms with Crippen molar-refractivity contribution in [1.29, 1.82) is 0 Å². The van der Waals surface area contributed by atoms with Crippen LogP contribution in [0.5, 0.6) is 5.75 Å². The van der Waals surface area contributed by atoms with Crippen molar-refractivity contribution in [1.82, 2.24) is 0 Å². The highest BCUT2D eigenvalue weighted by Gasteiger charge is 2.05. The average molecular weight is 230 g/mol. The molecule has 0 aliphatic rings. The molecule has 0 unspecified atom stereocenters. The topological polar surface area (TPSA) is 26.3 Å². The van der Waals surface area contributed by atoms with Crippen LogP contribution in [0.1, 0.15) is 10.4 Å². The molecule has 0 aliphatic carbocycles. The van der Waals surface area contributed by atoms with Gasteiger partial charge in [0.2, 0.25) is 0 Å². The lowest BCUT2D eigenvalue weighted by Gasteiger charge is -2.06. The summed E-state index contributed by atoms with van der Waals surface area (Å²) in [6.45, 7) is 0. The number of halogens is 1. The second-order valence-corrected chi connectivity index (χ2v) is 3.58. The minimum Gasteiger partial charge on any atom is -0.496 e. The predicted molar refractivity (Wildman–Crippen MR) is 63.8 cm³/mol. The lowest BCUT2D eigenvalue weighted by molar-refractivity contribution is 0.112. The van der Waals surface area contributed by atoms with Crippen molar-refractivity contribution in [2.75, 3.05) is 7.11 Å². The van der Waals surface area contributed by atoms with Crippen LogP contribution in [0.4, 0.5) is 4.39 Å². The number of aldehydes is 1. The van der Waals surface area contributed by atoms with E-state index in [1.807, 2.05) is 0 Å². The molecule has 0 heterocycles. The number of carbonyl (C=O) groups is 1. The van der Waals surface area contributed by atoms with Gasteiger partial charge in [-0.1, -0.05) is 18.2 Å². The molecule has 86 valence electrons. The zero-order valence-electron chi connectivity index (χ0n) is 9.31. The van der Waals surface area contributed by atoms with Gasteiger partial charge in [-0.2, -0.15) is 0 Å². The van der Waals surface area contributed by atoms with Crippen LogP contribution in [0.15, 0.2) is 42.5 Å². The third kappa shape index (κ3) is 2.33. The Hall–Kier alpha value is -2.16. The van der Waals surface area contributed by atoms with Crippen LogP contribution in [0.2, 0.25) is 0 Å². The van der Waals surface area contributed by atoms with Gasteiger partial charge in [-0.25, -0.2) is 4.39 Å². The smallest absolute Gasteiger partial charge is 0.153 e. The Morgan fingerprint density at radius 3 is 2.53 bits per heavy atom. The maximum Gasteiger partial charge on any atom is 0.153 e. The van der Waals surface area contributed by atoms with Crippen LogP contribution < -0.4 is 4.74 Å². The van der Waals surface area contributed by atoms with Gasteiger partial charge < -0.3 is 4.74 Å². The third-order valence-corrected chi connectivity index (χ3v) is 2.51. The molecule has 2 rings (SSSR count). The summed E-state index contributed by atoms with van der Waals surface area (Å²) in [5.74, 6) is 0.214. The predicted octanol–water partition coefficient (Wildman–Crippen LogP) is 3.31. The molecule has 0 aliphatic heterocycles. The number of carbonyl (C=O) groups excluding carboxylic acids is 1. The molecule has 2 nitrogen and oxygen atoms in total. The van der Waals surface area contributed by atoms with E-state index in [-0.39, 0.29) is 5.82 Å². The van der Waals surface area contributed by atoms with E-state index < -0.39 is 0 Å². The van der Waals surface area contributed by atoms with Crippen LogP contribution in [0.3, 0.4) is 0 Å². The maximum absolute atomic E-state index is 13.1. The highest BCUT2D eigenvalue weighted by atomic mass is 19.1. The van der Waals surface area contributed by atoms with Gasteiger partial charge in [0.25, 0.3) is 0 Å². The Morgan fingerprint density at radius 1 is 1.12 bits per heavy atom. The van der Waals surface area contributed by atoms with Crippen molar-refractivity contribution in [2.45, 2.75) is 0 Å². The first kappa shape index (κ1) is 11.3. The normalized spacial score (nSPS) is 10.0. The molecule has 2 aromatic rings. The number of hydrogen-bond acceptors (Lipinski definition) is 2. The highest BCUT2D eigenvalue weighted by Crippen LogP contribution is 2.25. The number of ether oxygens (including phenoxy) is 1. The zero-order valence-corrected chi connectivity index (χ0v) is 9.31. The minimum atomic E-state index is -0.300. The molecular formula is C14H11FO2. The third-order valence-electron chi connectivity index (χ3n) is 2.51. The van der Waals surface area contributed by atoms with E-state index in [4.69, 9.17) is 4.74 Å². The Morgan fingerprint density at radius 2 is 1.88 bits per heavy atom. The van der Waals surface area contributed by atoms with Gasteiger partial charge in [-0.05, 0) is 35.4 Å². The quantitative estimate of drug-likeness (QED) is 0.756. The number of methoxy groups -OCH3 is 1. The second-order valence-electron chi connectivity index (χ2n) is 3.58. The Bertz CT molecular complexity index is 550. The van der Waals surface area contributed by atoms with Crippen molar-refractivity contribution in [3.8, 4) is 16.9 Å². The molecule has 0 amide bonds. The first-order chi connectivity index (χ1) is 8.24. The fourth-order valence-corrected chi connectivity index (χ4v) is 1.67. The van der Waals surface area contributed by atoms with Crippen molar-refractivity contribution < 1.29 is 13.9 Å². The summed E-state index contributed by atoms with van der Waals surface area (Å²) in [6.07, 6.45) is 0.724. The van der Waals surface area contributed by atoms with E-state index in [1.54, 1.807) is 30.3 Å².